The summed E-state index contributed by atoms with van der Waals surface area (Å²) in [5.74, 6) is 0. The van der Waals surface area contributed by atoms with E-state index in [0.717, 1.165) is 25.1 Å². The maximum atomic E-state index is 8.98. The van der Waals surface area contributed by atoms with Crippen LogP contribution in [0.1, 0.15) is 30.1 Å². The number of aliphatic hydroxyl groups is 1. The molecule has 0 saturated heterocycles. The van der Waals surface area contributed by atoms with Gasteiger partial charge < -0.3 is 10.4 Å². The van der Waals surface area contributed by atoms with Crippen LogP contribution in [0.3, 0.4) is 0 Å². The van der Waals surface area contributed by atoms with Gasteiger partial charge in [0.1, 0.15) is 0 Å². The molecule has 0 aliphatic rings. The second kappa shape index (κ2) is 7.26. The minimum absolute atomic E-state index is 0.238. The van der Waals surface area contributed by atoms with E-state index in [-0.39, 0.29) is 12.6 Å². The molecule has 18 heavy (non-hydrogen) atoms. The zero-order valence-electron chi connectivity index (χ0n) is 10.2. The first-order valence-electron chi connectivity index (χ1n) is 6.16. The van der Waals surface area contributed by atoms with E-state index in [1.165, 1.54) is 5.56 Å². The molecule has 0 bridgehead atoms. The first kappa shape index (κ1) is 13.2. The lowest BCUT2D eigenvalue weighted by atomic mass is 10.0. The molecule has 96 valence electrons. The molecule has 0 radical (unpaired) electrons. The summed E-state index contributed by atoms with van der Waals surface area (Å²) in [6.07, 6.45) is 1.74. The molecule has 0 saturated carbocycles. The molecule has 2 rings (SSSR count). The largest absolute Gasteiger partial charge is 0.396 e. The summed E-state index contributed by atoms with van der Waals surface area (Å²) in [6.45, 7) is 1.01. The highest BCUT2D eigenvalue weighted by atomic mass is 32.1. The number of hydrogen-bond donors (Lipinski definition) is 2. The summed E-state index contributed by atoms with van der Waals surface area (Å²) in [4.78, 5) is 4.27. The molecule has 0 fully saturated rings. The number of hydrogen-bond acceptors (Lipinski definition) is 4. The van der Waals surface area contributed by atoms with Gasteiger partial charge in [-0.2, -0.15) is 0 Å². The van der Waals surface area contributed by atoms with Crippen LogP contribution in [0.5, 0.6) is 0 Å². The van der Waals surface area contributed by atoms with Crippen molar-refractivity contribution in [2.45, 2.75) is 25.4 Å². The van der Waals surface area contributed by atoms with Crippen LogP contribution in [0.4, 0.5) is 0 Å². The normalized spacial score (nSPS) is 12.5. The molecule has 1 aromatic carbocycles. The van der Waals surface area contributed by atoms with Crippen molar-refractivity contribution in [3.05, 3.63) is 52.5 Å². The van der Waals surface area contributed by atoms with E-state index in [1.54, 1.807) is 11.3 Å². The van der Waals surface area contributed by atoms with Gasteiger partial charge in [0.2, 0.25) is 0 Å². The molecule has 0 spiro atoms. The van der Waals surface area contributed by atoms with Gasteiger partial charge in [-0.15, -0.1) is 11.3 Å². The molecule has 1 aromatic heterocycles. The Labute approximate surface area is 112 Å². The van der Waals surface area contributed by atoms with Gasteiger partial charge in [-0.3, -0.25) is 0 Å². The van der Waals surface area contributed by atoms with E-state index < -0.39 is 0 Å². The van der Waals surface area contributed by atoms with Gasteiger partial charge in [-0.25, -0.2) is 4.98 Å². The molecule has 2 N–H and O–H groups in total. The van der Waals surface area contributed by atoms with Crippen LogP contribution in [0, 0.1) is 0 Å². The Morgan fingerprint density at radius 3 is 2.78 bits per heavy atom. The third kappa shape index (κ3) is 3.91. The van der Waals surface area contributed by atoms with Crippen molar-refractivity contribution in [1.82, 2.24) is 10.3 Å². The quantitative estimate of drug-likeness (QED) is 0.806. The van der Waals surface area contributed by atoms with Crippen molar-refractivity contribution in [3.8, 4) is 0 Å². The number of nitrogens with one attached hydrogen (secondary N) is 1. The van der Waals surface area contributed by atoms with Gasteiger partial charge in [0, 0.05) is 24.6 Å². The van der Waals surface area contributed by atoms with Gasteiger partial charge >= 0.3 is 0 Å². The molecule has 0 aliphatic heterocycles. The third-order valence-corrected chi connectivity index (χ3v) is 3.50. The van der Waals surface area contributed by atoms with E-state index in [1.807, 2.05) is 23.7 Å². The van der Waals surface area contributed by atoms with Crippen molar-refractivity contribution < 1.29 is 5.11 Å². The fourth-order valence-corrected chi connectivity index (χ4v) is 2.48. The number of aliphatic hydroxyl groups excluding tert-OH is 1. The van der Waals surface area contributed by atoms with Gasteiger partial charge in [0.05, 0.1) is 11.2 Å². The minimum Gasteiger partial charge on any atom is -0.396 e. The summed E-state index contributed by atoms with van der Waals surface area (Å²) in [6, 6.07) is 10.6. The summed E-state index contributed by atoms with van der Waals surface area (Å²) in [5, 5.41) is 14.5. The van der Waals surface area contributed by atoms with Gasteiger partial charge in [-0.05, 0) is 18.4 Å². The predicted molar refractivity (Wildman–Crippen MR) is 74.5 cm³/mol. The average Bonchev–Trinajstić information content (AvgIpc) is 2.93. The summed E-state index contributed by atoms with van der Waals surface area (Å²) < 4.78 is 0. The van der Waals surface area contributed by atoms with Crippen molar-refractivity contribution in [3.63, 3.8) is 0 Å². The van der Waals surface area contributed by atoms with Crippen LogP contribution >= 0.6 is 11.3 Å². The zero-order valence-corrected chi connectivity index (χ0v) is 11.1. The molecule has 1 heterocycles. The zero-order chi connectivity index (χ0) is 12.6. The van der Waals surface area contributed by atoms with Gasteiger partial charge in [-0.1, -0.05) is 30.3 Å². The summed E-state index contributed by atoms with van der Waals surface area (Å²) in [5.41, 5.74) is 4.19. The van der Waals surface area contributed by atoms with Crippen LogP contribution in [-0.2, 0) is 6.54 Å². The fraction of sp³-hybridized carbons (Fsp3) is 0.357. The Morgan fingerprint density at radius 2 is 2.11 bits per heavy atom. The second-order valence-electron chi connectivity index (χ2n) is 4.19. The SMILES string of the molecule is OCCCC(NCc1cscn1)c1ccccc1. The highest BCUT2D eigenvalue weighted by Gasteiger charge is 2.10. The molecule has 3 nitrogen and oxygen atoms in total. The maximum absolute atomic E-state index is 8.98. The topological polar surface area (TPSA) is 45.1 Å². The van der Waals surface area contributed by atoms with E-state index in [2.05, 4.69) is 27.8 Å². The van der Waals surface area contributed by atoms with Crippen LogP contribution in [-0.4, -0.2) is 16.7 Å². The van der Waals surface area contributed by atoms with Gasteiger partial charge in [0.15, 0.2) is 0 Å². The van der Waals surface area contributed by atoms with Crippen molar-refractivity contribution in [2.24, 2.45) is 0 Å². The standard InChI is InChI=1S/C14H18N2OS/c17-8-4-7-14(12-5-2-1-3-6-12)15-9-13-10-18-11-16-13/h1-3,5-6,10-11,14-15,17H,4,7-9H2. The molecule has 1 atom stereocenters. The minimum atomic E-state index is 0.238. The Bertz CT molecular complexity index is 430. The second-order valence-corrected chi connectivity index (χ2v) is 4.91. The number of thiazole rings is 1. The van der Waals surface area contributed by atoms with Crippen LogP contribution < -0.4 is 5.32 Å². The lowest BCUT2D eigenvalue weighted by molar-refractivity contribution is 0.275. The molecular weight excluding hydrogens is 244 g/mol. The monoisotopic (exact) mass is 262 g/mol. The van der Waals surface area contributed by atoms with Crippen molar-refractivity contribution in [2.75, 3.05) is 6.61 Å². The van der Waals surface area contributed by atoms with Crippen molar-refractivity contribution >= 4 is 11.3 Å². The molecular formula is C14H18N2OS. The van der Waals surface area contributed by atoms with Crippen LogP contribution in [0.2, 0.25) is 0 Å². The smallest absolute Gasteiger partial charge is 0.0795 e. The maximum Gasteiger partial charge on any atom is 0.0795 e. The molecule has 2 aromatic rings. The highest BCUT2D eigenvalue weighted by molar-refractivity contribution is 7.07. The summed E-state index contributed by atoms with van der Waals surface area (Å²) in [7, 11) is 0. The Hall–Kier alpha value is -1.23. The Morgan fingerprint density at radius 1 is 1.28 bits per heavy atom. The highest BCUT2D eigenvalue weighted by Crippen LogP contribution is 2.18. The van der Waals surface area contributed by atoms with E-state index >= 15 is 0 Å². The predicted octanol–water partition coefficient (Wildman–Crippen LogP) is 2.75. The lowest BCUT2D eigenvalue weighted by Crippen LogP contribution is -2.21. The molecule has 0 amide bonds. The van der Waals surface area contributed by atoms with Gasteiger partial charge in [0.25, 0.3) is 0 Å². The number of rotatable bonds is 7. The summed E-state index contributed by atoms with van der Waals surface area (Å²) >= 11 is 1.61. The Balaban J connectivity index is 1.96. The molecule has 1 unspecified atom stereocenters. The first-order chi connectivity index (χ1) is 8.90. The van der Waals surface area contributed by atoms with Crippen LogP contribution in [0.25, 0.3) is 0 Å². The van der Waals surface area contributed by atoms with E-state index in [4.69, 9.17) is 5.11 Å². The lowest BCUT2D eigenvalue weighted by Gasteiger charge is -2.18. The third-order valence-electron chi connectivity index (χ3n) is 2.87. The average molecular weight is 262 g/mol. The van der Waals surface area contributed by atoms with E-state index in [0.29, 0.717) is 0 Å². The molecule has 4 heteroatoms. The number of nitrogens with zero attached hydrogens (tertiary/aromatic N) is 1. The first-order valence-corrected chi connectivity index (χ1v) is 7.10. The Kier molecular flexibility index (Phi) is 5.33. The van der Waals surface area contributed by atoms with E-state index in [9.17, 15) is 0 Å². The van der Waals surface area contributed by atoms with Crippen molar-refractivity contribution in [1.29, 1.82) is 0 Å². The number of aromatic nitrogens is 1. The number of benzene rings is 1. The fourth-order valence-electron chi connectivity index (χ4n) is 1.92. The molecule has 0 aliphatic carbocycles. The van der Waals surface area contributed by atoms with Crippen LogP contribution in [0.15, 0.2) is 41.2 Å².